The number of hydrogen-bond donors (Lipinski definition) is 1. The van der Waals surface area contributed by atoms with Crippen LogP contribution in [0.2, 0.25) is 0 Å². The molecule has 0 atom stereocenters. The van der Waals surface area contributed by atoms with Gasteiger partial charge in [-0.1, -0.05) is 30.3 Å². The second-order valence-electron chi connectivity index (χ2n) is 8.74. The van der Waals surface area contributed by atoms with E-state index >= 15 is 0 Å². The smallest absolute Gasteiger partial charge is 0.332 e. The first-order chi connectivity index (χ1) is 17.9. The molecule has 190 valence electrons. The van der Waals surface area contributed by atoms with Gasteiger partial charge in [0.15, 0.2) is 14.9 Å². The Bertz CT molecular complexity index is 1660. The van der Waals surface area contributed by atoms with Crippen molar-refractivity contribution in [1.29, 1.82) is 0 Å². The van der Waals surface area contributed by atoms with E-state index in [-0.39, 0.29) is 41.9 Å². The van der Waals surface area contributed by atoms with Gasteiger partial charge in [-0.15, -0.1) is 0 Å². The first-order valence-corrected chi connectivity index (χ1v) is 13.5. The summed E-state index contributed by atoms with van der Waals surface area (Å²) < 4.78 is 29.9. The third-order valence-electron chi connectivity index (χ3n) is 6.31. The molecule has 1 amide bonds. The average molecular weight is 520 g/mol. The zero-order valence-corrected chi connectivity index (χ0v) is 20.7. The maximum absolute atomic E-state index is 13.4. The van der Waals surface area contributed by atoms with Gasteiger partial charge in [-0.05, 0) is 42.7 Å². The molecule has 1 aliphatic heterocycles. The van der Waals surface area contributed by atoms with Crippen molar-refractivity contribution in [2.75, 3.05) is 12.3 Å². The molecule has 5 rings (SSSR count). The van der Waals surface area contributed by atoms with Crippen LogP contribution in [0.1, 0.15) is 23.2 Å². The molecular formula is C26H25N5O5S. The topological polar surface area (TPSA) is 125 Å². The molecule has 1 aliphatic rings. The van der Waals surface area contributed by atoms with E-state index in [2.05, 4.69) is 10.3 Å². The number of aromatic nitrogens is 4. The molecule has 2 aromatic heterocycles. The van der Waals surface area contributed by atoms with Crippen molar-refractivity contribution in [1.82, 2.24) is 24.0 Å². The van der Waals surface area contributed by atoms with Crippen LogP contribution in [0.15, 0.2) is 87.9 Å². The van der Waals surface area contributed by atoms with Gasteiger partial charge in [-0.3, -0.25) is 18.7 Å². The van der Waals surface area contributed by atoms with Crippen LogP contribution in [0.5, 0.6) is 0 Å². The minimum atomic E-state index is -3.78. The molecule has 0 radical (unpaired) electrons. The highest BCUT2D eigenvalue weighted by molar-refractivity contribution is 7.91. The number of carbonyl (C=O) groups is 1. The van der Waals surface area contributed by atoms with Gasteiger partial charge in [0.2, 0.25) is 0 Å². The van der Waals surface area contributed by atoms with Crippen LogP contribution in [0, 0.1) is 0 Å². The SMILES string of the molecule is O=C(NCCCn1c(=O)c(-c2ccccc2)c2n(c1=O)CCCS2(=O)=O)c1ccc(-n2ccnc2)cc1. The number of sulfone groups is 1. The Hall–Kier alpha value is -4.25. The summed E-state index contributed by atoms with van der Waals surface area (Å²) in [4.78, 5) is 43.1. The number of hydrogen-bond acceptors (Lipinski definition) is 6. The van der Waals surface area contributed by atoms with Gasteiger partial charge >= 0.3 is 5.69 Å². The number of benzene rings is 2. The van der Waals surface area contributed by atoms with Gasteiger partial charge in [0.25, 0.3) is 11.5 Å². The van der Waals surface area contributed by atoms with Crippen molar-refractivity contribution in [3.63, 3.8) is 0 Å². The van der Waals surface area contributed by atoms with E-state index in [1.807, 2.05) is 16.7 Å². The summed E-state index contributed by atoms with van der Waals surface area (Å²) in [5, 5.41) is 2.60. The fourth-order valence-corrected chi connectivity index (χ4v) is 6.22. The number of amides is 1. The average Bonchev–Trinajstić information content (AvgIpc) is 3.44. The number of nitrogens with zero attached hydrogens (tertiary/aromatic N) is 4. The molecule has 0 fully saturated rings. The number of carbonyl (C=O) groups excluding carboxylic acids is 1. The van der Waals surface area contributed by atoms with Gasteiger partial charge in [-0.25, -0.2) is 18.2 Å². The molecule has 0 spiro atoms. The zero-order valence-electron chi connectivity index (χ0n) is 19.9. The second kappa shape index (κ2) is 10.0. The third kappa shape index (κ3) is 4.77. The van der Waals surface area contributed by atoms with Crippen molar-refractivity contribution in [2.24, 2.45) is 0 Å². The lowest BCUT2D eigenvalue weighted by Gasteiger charge is -2.23. The molecule has 4 aromatic rings. The van der Waals surface area contributed by atoms with Gasteiger partial charge in [0.05, 0.1) is 17.6 Å². The second-order valence-corrected chi connectivity index (χ2v) is 10.8. The molecule has 10 nitrogen and oxygen atoms in total. The summed E-state index contributed by atoms with van der Waals surface area (Å²) in [6.07, 6.45) is 5.76. The summed E-state index contributed by atoms with van der Waals surface area (Å²) in [5.41, 5.74) is 0.521. The highest BCUT2D eigenvalue weighted by Crippen LogP contribution is 2.27. The highest BCUT2D eigenvalue weighted by atomic mass is 32.2. The Balaban J connectivity index is 1.34. The van der Waals surface area contributed by atoms with Crippen LogP contribution in [0.25, 0.3) is 16.8 Å². The van der Waals surface area contributed by atoms with Crippen molar-refractivity contribution in [2.45, 2.75) is 31.0 Å². The fourth-order valence-electron chi connectivity index (χ4n) is 4.50. The van der Waals surface area contributed by atoms with Crippen molar-refractivity contribution in [3.8, 4) is 16.8 Å². The van der Waals surface area contributed by atoms with Gasteiger partial charge < -0.3 is 9.88 Å². The van der Waals surface area contributed by atoms with E-state index in [4.69, 9.17) is 0 Å². The van der Waals surface area contributed by atoms with E-state index in [0.717, 1.165) is 10.3 Å². The molecule has 37 heavy (non-hydrogen) atoms. The van der Waals surface area contributed by atoms with E-state index in [0.29, 0.717) is 24.0 Å². The minimum Gasteiger partial charge on any atom is -0.352 e. The molecule has 0 aliphatic carbocycles. The molecule has 1 N–H and O–H groups in total. The zero-order chi connectivity index (χ0) is 26.0. The van der Waals surface area contributed by atoms with Crippen LogP contribution >= 0.6 is 0 Å². The number of imidazole rings is 1. The first kappa shape index (κ1) is 24.4. The van der Waals surface area contributed by atoms with Crippen LogP contribution in [0.3, 0.4) is 0 Å². The number of rotatable bonds is 7. The molecule has 0 unspecified atom stereocenters. The van der Waals surface area contributed by atoms with Gasteiger partial charge in [-0.2, -0.15) is 0 Å². The standard InChI is InChI=1S/C26H25N5O5S/c32-23(20-8-10-21(11-9-20)29-16-13-27-18-29)28-12-4-14-30-24(33)22(19-6-2-1-3-7-19)25-31(26(30)34)15-5-17-37(25,35)36/h1-3,6-11,13,16,18H,4-5,12,14-15,17H2,(H,28,32). The van der Waals surface area contributed by atoms with E-state index in [1.165, 1.54) is 4.57 Å². The predicted molar refractivity (Wildman–Crippen MR) is 138 cm³/mol. The van der Waals surface area contributed by atoms with Crippen LogP contribution in [-0.4, -0.2) is 45.3 Å². The lowest BCUT2D eigenvalue weighted by atomic mass is 10.1. The molecule has 3 heterocycles. The molecule has 2 aromatic carbocycles. The van der Waals surface area contributed by atoms with E-state index < -0.39 is 21.1 Å². The van der Waals surface area contributed by atoms with Crippen molar-refractivity contribution >= 4 is 15.7 Å². The quantitative estimate of drug-likeness (QED) is 0.294. The van der Waals surface area contributed by atoms with Gasteiger partial charge in [0.1, 0.15) is 0 Å². The Morgan fingerprint density at radius 1 is 1.03 bits per heavy atom. The molecule has 0 bridgehead atoms. The summed E-state index contributed by atoms with van der Waals surface area (Å²) in [6, 6.07) is 15.6. The summed E-state index contributed by atoms with van der Waals surface area (Å²) in [5.74, 6) is -0.381. The van der Waals surface area contributed by atoms with Crippen LogP contribution in [0.4, 0.5) is 0 Å². The predicted octanol–water partition coefficient (Wildman–Crippen LogP) is 1.86. The summed E-state index contributed by atoms with van der Waals surface area (Å²) in [7, 11) is -3.78. The van der Waals surface area contributed by atoms with Crippen molar-refractivity contribution in [3.05, 3.63) is 99.7 Å². The maximum atomic E-state index is 13.4. The van der Waals surface area contributed by atoms with Crippen molar-refractivity contribution < 1.29 is 13.2 Å². The largest absolute Gasteiger partial charge is 0.352 e. The van der Waals surface area contributed by atoms with Crippen LogP contribution < -0.4 is 16.6 Å². The number of nitrogens with one attached hydrogen (secondary N) is 1. The third-order valence-corrected chi connectivity index (χ3v) is 8.15. The Morgan fingerprint density at radius 2 is 1.78 bits per heavy atom. The monoisotopic (exact) mass is 519 g/mol. The minimum absolute atomic E-state index is 0.0157. The Kier molecular flexibility index (Phi) is 6.62. The lowest BCUT2D eigenvalue weighted by molar-refractivity contribution is 0.0952. The normalized spacial score (nSPS) is 14.2. The molecular weight excluding hydrogens is 494 g/mol. The Morgan fingerprint density at radius 3 is 2.49 bits per heavy atom. The maximum Gasteiger partial charge on any atom is 0.332 e. The number of fused-ring (bicyclic) bond motifs is 1. The summed E-state index contributed by atoms with van der Waals surface area (Å²) in [6.45, 7) is 0.492. The lowest BCUT2D eigenvalue weighted by Crippen LogP contribution is -2.45. The molecule has 0 saturated carbocycles. The summed E-state index contributed by atoms with van der Waals surface area (Å²) >= 11 is 0. The first-order valence-electron chi connectivity index (χ1n) is 11.9. The van der Waals surface area contributed by atoms with Gasteiger partial charge in [0, 0.05) is 43.3 Å². The van der Waals surface area contributed by atoms with E-state index in [9.17, 15) is 22.8 Å². The fraction of sp³-hybridized carbons (Fsp3) is 0.231. The van der Waals surface area contributed by atoms with Crippen LogP contribution in [-0.2, 0) is 22.9 Å². The molecule has 0 saturated heterocycles. The highest BCUT2D eigenvalue weighted by Gasteiger charge is 2.32. The van der Waals surface area contributed by atoms with E-state index in [1.54, 1.807) is 61.2 Å². The molecule has 11 heteroatoms. The Labute approximate surface area is 212 Å².